The third-order valence-electron chi connectivity index (χ3n) is 30.7. The van der Waals surface area contributed by atoms with E-state index in [-0.39, 0.29) is 64.9 Å². The number of piperidine rings is 4. The van der Waals surface area contributed by atoms with Gasteiger partial charge in [0.15, 0.2) is 0 Å². The zero-order valence-electron chi connectivity index (χ0n) is 81.6. The van der Waals surface area contributed by atoms with Crippen molar-refractivity contribution in [2.45, 2.75) is 214 Å². The first-order valence-electron chi connectivity index (χ1n) is 50.1. The lowest BCUT2D eigenvalue weighted by molar-refractivity contribution is 0.132. The highest BCUT2D eigenvalue weighted by Gasteiger charge is 2.39. The van der Waals surface area contributed by atoms with E-state index in [0.29, 0.717) is 25.0 Å². The van der Waals surface area contributed by atoms with Gasteiger partial charge in [0, 0.05) is 96.2 Å². The van der Waals surface area contributed by atoms with E-state index in [0.717, 1.165) is 156 Å². The molecule has 15 heteroatoms. The number of para-hydroxylation sites is 6. The molecule has 700 valence electrons. The summed E-state index contributed by atoms with van der Waals surface area (Å²) >= 11 is 0. The van der Waals surface area contributed by atoms with Crippen molar-refractivity contribution >= 4 is 33.1 Å². The third-order valence-corrected chi connectivity index (χ3v) is 30.7. The maximum absolute atomic E-state index is 13.7. The Kier molecular flexibility index (Phi) is 30.6. The van der Waals surface area contributed by atoms with Crippen LogP contribution in [-0.4, -0.2) is 113 Å². The second-order valence-electron chi connectivity index (χ2n) is 39.6. The number of nitrogens with zero attached hydrogens (tertiary/aromatic N) is 10. The molecule has 4 aliphatic heterocycles. The molecular formula is C120H141N11O4. The second-order valence-corrected chi connectivity index (χ2v) is 39.6. The Morgan fingerprint density at radius 2 is 0.548 bits per heavy atom. The molecule has 12 aromatic carbocycles. The van der Waals surface area contributed by atoms with Crippen LogP contribution in [0.5, 0.6) is 0 Å². The van der Waals surface area contributed by atoms with E-state index in [1.807, 2.05) is 31.9 Å². The smallest absolute Gasteiger partial charge is 0.329 e. The van der Waals surface area contributed by atoms with E-state index in [9.17, 15) is 14.4 Å². The molecule has 0 radical (unpaired) electrons. The Labute approximate surface area is 800 Å². The molecule has 0 bridgehead atoms. The Morgan fingerprint density at radius 1 is 0.304 bits per heavy atom. The Hall–Kier alpha value is -11.8. The second kappa shape index (κ2) is 43.5. The molecule has 5 aliphatic rings. The summed E-state index contributed by atoms with van der Waals surface area (Å²) in [6, 6.07) is 107. The largest absolute Gasteiger partial charge is 0.383 e. The molecule has 15 aromatic rings. The normalized spacial score (nSPS) is 16.3. The van der Waals surface area contributed by atoms with Gasteiger partial charge in [-0.25, -0.2) is 14.4 Å². The van der Waals surface area contributed by atoms with Gasteiger partial charge >= 0.3 is 17.1 Å². The molecule has 1 saturated carbocycles. The molecule has 0 spiro atoms. The van der Waals surface area contributed by atoms with E-state index < -0.39 is 0 Å². The van der Waals surface area contributed by atoms with Crippen LogP contribution in [-0.2, 0) is 29.9 Å². The highest BCUT2D eigenvalue weighted by atomic mass is 16.5. The maximum Gasteiger partial charge on any atom is 0.329 e. The van der Waals surface area contributed by atoms with Crippen molar-refractivity contribution in [2.24, 2.45) is 17.6 Å². The van der Waals surface area contributed by atoms with Gasteiger partial charge in [0.2, 0.25) is 0 Å². The Morgan fingerprint density at radius 3 is 0.815 bits per heavy atom. The average Bonchev–Trinajstić information content (AvgIpc) is 1.74. The van der Waals surface area contributed by atoms with Gasteiger partial charge in [-0.1, -0.05) is 281 Å². The standard InChI is InChI=1S/C32H37N3O.C32H39N3O.C30H35N3O2.C26H30N2/c1-23-10-3-5-14-27(23)31(28-15-6-4-11-24(28)2)33-20-18-26(19-21-33)35-30-17-8-7-16-29(30)34(32(35)36)22-25-12-9-13-25;1-23(2)17-22-34-29-15-9-10-16-30(29)35(32(34)36)26-18-20-33(21-19-26)31(27-13-7-5-11-24(27)3)28-14-8-6-12-25(28)4;1-22-10-4-6-12-25(22)29(26-13-7-5-11-23(26)2)31-18-16-24(17-19-31)33-28-15-9-8-14-27(28)32(30(33)34)20-21-35-3;1-20-10-6-8-14-23(20)25(24-15-9-7-11-21(24)2)28-18-16-26(27,17-19-28)22-12-4-3-5-13-22/h3-8,10-11,14-17,25-26,31H,9,12-13,18-22H2,1-2H3;5-16,23,26,31H,17-22H2,1-4H3;4-15,24,29H,16-21H2,1-3H3;3-15,25H,16-19,27H2,1-2H3. The van der Waals surface area contributed by atoms with Crippen molar-refractivity contribution in [1.29, 1.82) is 0 Å². The zero-order valence-corrected chi connectivity index (χ0v) is 81.6. The number of ether oxygens (including phenoxy) is 1. The Bertz CT molecular complexity index is 6510. The molecular weight excluding hydrogens is 1660 g/mol. The lowest BCUT2D eigenvalue weighted by Gasteiger charge is -2.43. The van der Waals surface area contributed by atoms with Crippen molar-refractivity contribution in [1.82, 2.24) is 47.0 Å². The summed E-state index contributed by atoms with van der Waals surface area (Å²) in [7, 11) is 1.68. The summed E-state index contributed by atoms with van der Waals surface area (Å²) in [5.74, 6) is 1.23. The van der Waals surface area contributed by atoms with Crippen LogP contribution in [0.3, 0.4) is 0 Å². The van der Waals surface area contributed by atoms with Gasteiger partial charge in [-0.3, -0.25) is 47.0 Å². The predicted molar refractivity (Wildman–Crippen MR) is 557 cm³/mol. The van der Waals surface area contributed by atoms with Crippen LogP contribution >= 0.6 is 0 Å². The highest BCUT2D eigenvalue weighted by Crippen LogP contribution is 2.44. The molecule has 135 heavy (non-hydrogen) atoms. The van der Waals surface area contributed by atoms with Gasteiger partial charge in [0.05, 0.1) is 70.4 Å². The summed E-state index contributed by atoms with van der Waals surface area (Å²) in [6.07, 6.45) is 12.6. The van der Waals surface area contributed by atoms with E-state index >= 15 is 0 Å². The van der Waals surface area contributed by atoms with Crippen LogP contribution < -0.4 is 22.8 Å². The molecule has 3 aromatic heterocycles. The van der Waals surface area contributed by atoms with Crippen LogP contribution in [0.25, 0.3) is 33.1 Å². The van der Waals surface area contributed by atoms with Gasteiger partial charge in [-0.15, -0.1) is 0 Å². The van der Waals surface area contributed by atoms with Gasteiger partial charge in [0.1, 0.15) is 0 Å². The van der Waals surface area contributed by atoms with Crippen LogP contribution in [0.4, 0.5) is 0 Å². The number of fused-ring (bicyclic) bond motifs is 3. The summed E-state index contributed by atoms with van der Waals surface area (Å²) in [5, 5.41) is 0. The summed E-state index contributed by atoms with van der Waals surface area (Å²) in [4.78, 5) is 51.4. The van der Waals surface area contributed by atoms with Gasteiger partial charge in [-0.2, -0.15) is 0 Å². The van der Waals surface area contributed by atoms with Crippen molar-refractivity contribution in [3.05, 3.63) is 423 Å². The van der Waals surface area contributed by atoms with E-state index in [2.05, 4.69) is 382 Å². The molecule has 5 fully saturated rings. The van der Waals surface area contributed by atoms with Gasteiger partial charge in [0.25, 0.3) is 0 Å². The molecule has 15 nitrogen and oxygen atoms in total. The SMILES string of the molecule is COCCn1c(=O)n(C2CCN(C(c3ccccc3C)c3ccccc3C)CC2)c2ccccc21.Cc1ccccc1C(c1ccccc1C)N1CCC(N)(c2ccccc2)CC1.Cc1ccccc1C(c1ccccc1C)N1CCC(n2c(=O)n(CC3CCC3)c3ccccc32)CC1.Cc1ccccc1C(c1ccccc1C)N1CCC(n2c(=O)n(CCC(C)C)c3ccccc32)CC1. The number of hydrogen-bond donors (Lipinski definition) is 1. The quantitative estimate of drug-likeness (QED) is 0.0629. The number of rotatable bonds is 24. The summed E-state index contributed by atoms with van der Waals surface area (Å²) in [5.41, 5.74) is 36.5. The fourth-order valence-electron chi connectivity index (χ4n) is 22.7. The van der Waals surface area contributed by atoms with E-state index in [1.165, 1.54) is 114 Å². The fraction of sp³-hybridized carbons (Fsp3) is 0.375. The lowest BCUT2D eigenvalue weighted by atomic mass is 9.80. The number of benzene rings is 12. The minimum atomic E-state index is -0.222. The number of aromatic nitrogens is 6. The maximum atomic E-state index is 13.7. The van der Waals surface area contributed by atoms with Gasteiger partial charge in [-0.05, 0) is 269 Å². The number of nitrogens with two attached hydrogens (primary N) is 1. The monoisotopic (exact) mass is 1800 g/mol. The fourth-order valence-corrected chi connectivity index (χ4v) is 22.7. The number of aryl methyl sites for hydroxylation is 9. The van der Waals surface area contributed by atoms with Crippen LogP contribution in [0, 0.1) is 67.2 Å². The summed E-state index contributed by atoms with van der Waals surface area (Å²) in [6.45, 7) is 32.7. The summed E-state index contributed by atoms with van der Waals surface area (Å²) < 4.78 is 17.5. The molecule has 4 saturated heterocycles. The molecule has 7 heterocycles. The average molecular weight is 1800 g/mol. The van der Waals surface area contributed by atoms with Crippen molar-refractivity contribution in [3.8, 4) is 0 Å². The van der Waals surface area contributed by atoms with Crippen molar-refractivity contribution < 1.29 is 4.74 Å². The number of imidazole rings is 3. The first-order chi connectivity index (χ1) is 65.7. The van der Waals surface area contributed by atoms with Crippen molar-refractivity contribution in [2.75, 3.05) is 66.1 Å². The van der Waals surface area contributed by atoms with E-state index in [4.69, 9.17) is 10.5 Å². The third kappa shape index (κ3) is 20.7. The van der Waals surface area contributed by atoms with Crippen LogP contribution in [0.2, 0.25) is 0 Å². The first-order valence-corrected chi connectivity index (χ1v) is 50.1. The molecule has 0 atom stereocenters. The predicted octanol–water partition coefficient (Wildman–Crippen LogP) is 24.4. The minimum absolute atomic E-state index is 0.0797. The van der Waals surface area contributed by atoms with Crippen LogP contribution in [0.1, 0.15) is 228 Å². The van der Waals surface area contributed by atoms with Crippen LogP contribution in [0.15, 0.2) is 312 Å². The lowest BCUT2D eigenvalue weighted by Crippen LogP contribution is -2.49. The molecule has 0 amide bonds. The highest BCUT2D eigenvalue weighted by molar-refractivity contribution is 5.78. The topological polar surface area (TPSA) is 129 Å². The Balaban J connectivity index is 0.000000126. The first kappa shape index (κ1) is 95.0. The number of hydrogen-bond acceptors (Lipinski definition) is 9. The number of methoxy groups -OCH3 is 1. The molecule has 20 rings (SSSR count). The van der Waals surface area contributed by atoms with Gasteiger partial charge < -0.3 is 10.5 Å². The number of likely N-dealkylation sites (tertiary alicyclic amines) is 4. The molecule has 2 N–H and O–H groups in total. The minimum Gasteiger partial charge on any atom is -0.383 e. The van der Waals surface area contributed by atoms with Crippen molar-refractivity contribution in [3.63, 3.8) is 0 Å². The molecule has 0 unspecified atom stereocenters. The zero-order chi connectivity index (χ0) is 93.8. The molecule has 1 aliphatic carbocycles. The van der Waals surface area contributed by atoms with E-state index in [1.54, 1.807) is 7.11 Å².